The molecule has 1 atom stereocenters. The van der Waals surface area contributed by atoms with Crippen LogP contribution in [0.25, 0.3) is 0 Å². The minimum absolute atomic E-state index is 0.0562. The fourth-order valence-electron chi connectivity index (χ4n) is 1.83. The van der Waals surface area contributed by atoms with E-state index in [9.17, 15) is 10.1 Å². The fraction of sp³-hybridized carbons (Fsp3) is 0.143. The van der Waals surface area contributed by atoms with Crippen LogP contribution in [0.4, 0.5) is 5.69 Å². The van der Waals surface area contributed by atoms with Gasteiger partial charge in [0.25, 0.3) is 5.69 Å². The van der Waals surface area contributed by atoms with Gasteiger partial charge in [0, 0.05) is 22.2 Å². The highest BCUT2D eigenvalue weighted by Gasteiger charge is 2.14. The van der Waals surface area contributed by atoms with Crippen molar-refractivity contribution in [1.82, 2.24) is 0 Å². The second kappa shape index (κ2) is 6.44. The van der Waals surface area contributed by atoms with Crippen molar-refractivity contribution in [2.45, 2.75) is 11.8 Å². The van der Waals surface area contributed by atoms with E-state index >= 15 is 0 Å². The Bertz CT molecular complexity index is 629. The highest BCUT2D eigenvalue weighted by atomic mass is 35.5. The van der Waals surface area contributed by atoms with E-state index in [0.29, 0.717) is 16.5 Å². The molecule has 0 N–H and O–H groups in total. The van der Waals surface area contributed by atoms with Gasteiger partial charge in [0.1, 0.15) is 0 Å². The number of halogens is 3. The van der Waals surface area contributed by atoms with E-state index in [4.69, 9.17) is 34.8 Å². The Morgan fingerprint density at radius 3 is 2.35 bits per heavy atom. The Hall–Kier alpha value is -1.29. The lowest BCUT2D eigenvalue weighted by molar-refractivity contribution is -0.384. The maximum Gasteiger partial charge on any atom is 0.269 e. The van der Waals surface area contributed by atoms with Crippen molar-refractivity contribution < 1.29 is 4.92 Å². The number of nitro groups is 1. The molecule has 0 spiro atoms. The van der Waals surface area contributed by atoms with Crippen LogP contribution < -0.4 is 0 Å². The molecule has 2 aromatic rings. The molecule has 0 aromatic heterocycles. The highest BCUT2D eigenvalue weighted by Crippen LogP contribution is 2.33. The van der Waals surface area contributed by atoms with Gasteiger partial charge in [-0.2, -0.15) is 0 Å². The standard InChI is InChI=1S/C14H10Cl3NO2/c15-10-3-6-13(16)12(8-10)14(17)7-9-1-4-11(5-2-9)18(19)20/h1-6,8,14H,7H2. The first kappa shape index (κ1) is 15.1. The fourth-order valence-corrected chi connectivity index (χ4v) is 2.67. The lowest BCUT2D eigenvalue weighted by atomic mass is 10.0. The topological polar surface area (TPSA) is 43.1 Å². The molecule has 0 aliphatic heterocycles. The van der Waals surface area contributed by atoms with Gasteiger partial charge in [-0.1, -0.05) is 35.3 Å². The van der Waals surface area contributed by atoms with Crippen LogP contribution in [0.3, 0.4) is 0 Å². The normalized spacial score (nSPS) is 12.2. The van der Waals surface area contributed by atoms with Gasteiger partial charge in [-0.15, -0.1) is 11.6 Å². The first-order valence-electron chi connectivity index (χ1n) is 5.79. The Morgan fingerprint density at radius 1 is 1.10 bits per heavy atom. The van der Waals surface area contributed by atoms with E-state index in [1.54, 1.807) is 30.3 Å². The zero-order valence-corrected chi connectivity index (χ0v) is 12.5. The van der Waals surface area contributed by atoms with Crippen LogP contribution in [0.5, 0.6) is 0 Å². The van der Waals surface area contributed by atoms with Crippen molar-refractivity contribution in [3.63, 3.8) is 0 Å². The van der Waals surface area contributed by atoms with Crippen LogP contribution in [0, 0.1) is 10.1 Å². The lowest BCUT2D eigenvalue weighted by Crippen LogP contribution is -1.97. The van der Waals surface area contributed by atoms with Gasteiger partial charge in [-0.05, 0) is 35.7 Å². The van der Waals surface area contributed by atoms with Crippen LogP contribution in [0.2, 0.25) is 10.0 Å². The molecule has 3 nitrogen and oxygen atoms in total. The number of nitrogens with zero attached hydrogens (tertiary/aromatic N) is 1. The van der Waals surface area contributed by atoms with Crippen LogP contribution in [0.1, 0.15) is 16.5 Å². The van der Waals surface area contributed by atoms with Gasteiger partial charge >= 0.3 is 0 Å². The third-order valence-electron chi connectivity index (χ3n) is 2.86. The molecule has 0 aliphatic rings. The maximum atomic E-state index is 10.6. The SMILES string of the molecule is O=[N+]([O-])c1ccc(CC(Cl)c2cc(Cl)ccc2Cl)cc1. The average Bonchev–Trinajstić information content (AvgIpc) is 2.42. The van der Waals surface area contributed by atoms with E-state index < -0.39 is 4.92 Å². The molecule has 0 saturated carbocycles. The summed E-state index contributed by atoms with van der Waals surface area (Å²) in [6, 6.07) is 11.4. The number of non-ortho nitro benzene ring substituents is 1. The van der Waals surface area contributed by atoms with E-state index in [2.05, 4.69) is 0 Å². The summed E-state index contributed by atoms with van der Waals surface area (Å²) < 4.78 is 0. The second-order valence-corrected chi connectivity index (χ2v) is 5.63. The monoisotopic (exact) mass is 329 g/mol. The zero-order valence-electron chi connectivity index (χ0n) is 10.2. The van der Waals surface area contributed by atoms with E-state index in [-0.39, 0.29) is 11.1 Å². The summed E-state index contributed by atoms with van der Waals surface area (Å²) in [6.45, 7) is 0. The minimum Gasteiger partial charge on any atom is -0.258 e. The number of alkyl halides is 1. The van der Waals surface area contributed by atoms with E-state index in [1.165, 1.54) is 12.1 Å². The molecule has 2 aromatic carbocycles. The molecule has 6 heteroatoms. The van der Waals surface area contributed by atoms with Crippen molar-refractivity contribution in [1.29, 1.82) is 0 Å². The molecule has 0 fully saturated rings. The Kier molecular flexibility index (Phi) is 4.86. The van der Waals surface area contributed by atoms with Gasteiger partial charge in [-0.3, -0.25) is 10.1 Å². The molecular formula is C14H10Cl3NO2. The van der Waals surface area contributed by atoms with Crippen molar-refractivity contribution in [2.24, 2.45) is 0 Å². The summed E-state index contributed by atoms with van der Waals surface area (Å²) in [5, 5.41) is 11.4. The van der Waals surface area contributed by atoms with Gasteiger partial charge in [-0.25, -0.2) is 0 Å². The Labute approximate surface area is 131 Å². The third kappa shape index (κ3) is 3.63. The predicted octanol–water partition coefficient (Wildman–Crippen LogP) is 5.42. The summed E-state index contributed by atoms with van der Waals surface area (Å²) in [5.41, 5.74) is 1.70. The predicted molar refractivity (Wildman–Crippen MR) is 81.9 cm³/mol. The average molecular weight is 331 g/mol. The van der Waals surface area contributed by atoms with Crippen LogP contribution in [0.15, 0.2) is 42.5 Å². The van der Waals surface area contributed by atoms with Crippen LogP contribution in [-0.4, -0.2) is 4.92 Å². The minimum atomic E-state index is -0.435. The molecule has 0 aliphatic carbocycles. The van der Waals surface area contributed by atoms with Gasteiger partial charge in [0.05, 0.1) is 10.3 Å². The highest BCUT2D eigenvalue weighted by molar-refractivity contribution is 6.34. The number of nitro benzene ring substituents is 1. The molecule has 0 bridgehead atoms. The Balaban J connectivity index is 2.16. The van der Waals surface area contributed by atoms with Crippen molar-refractivity contribution in [2.75, 3.05) is 0 Å². The largest absolute Gasteiger partial charge is 0.269 e. The first-order valence-corrected chi connectivity index (χ1v) is 6.99. The van der Waals surface area contributed by atoms with E-state index in [0.717, 1.165) is 11.1 Å². The first-order chi connectivity index (χ1) is 9.47. The number of hydrogen-bond acceptors (Lipinski definition) is 2. The van der Waals surface area contributed by atoms with Gasteiger partial charge in [0.2, 0.25) is 0 Å². The number of benzene rings is 2. The van der Waals surface area contributed by atoms with Crippen molar-refractivity contribution >= 4 is 40.5 Å². The molecule has 0 saturated heterocycles. The molecule has 2 rings (SSSR count). The molecule has 1 unspecified atom stereocenters. The van der Waals surface area contributed by atoms with E-state index in [1.807, 2.05) is 0 Å². The number of hydrogen-bond donors (Lipinski definition) is 0. The summed E-state index contributed by atoms with van der Waals surface area (Å²) in [6.07, 6.45) is 0.514. The number of rotatable bonds is 4. The van der Waals surface area contributed by atoms with Gasteiger partial charge in [0.15, 0.2) is 0 Å². The molecule has 0 radical (unpaired) electrons. The molecule has 0 heterocycles. The third-order valence-corrected chi connectivity index (χ3v) is 3.83. The molecular weight excluding hydrogens is 321 g/mol. The molecule has 104 valence electrons. The van der Waals surface area contributed by atoms with Crippen LogP contribution >= 0.6 is 34.8 Å². The second-order valence-electron chi connectivity index (χ2n) is 4.26. The zero-order chi connectivity index (χ0) is 14.7. The summed E-state index contributed by atoms with van der Waals surface area (Å²) in [7, 11) is 0. The quantitative estimate of drug-likeness (QED) is 0.426. The lowest BCUT2D eigenvalue weighted by Gasteiger charge is -2.12. The molecule has 0 amide bonds. The summed E-state index contributed by atoms with van der Waals surface area (Å²) in [4.78, 5) is 10.2. The van der Waals surface area contributed by atoms with Gasteiger partial charge < -0.3 is 0 Å². The maximum absolute atomic E-state index is 10.6. The van der Waals surface area contributed by atoms with Crippen molar-refractivity contribution in [3.05, 3.63) is 73.8 Å². The summed E-state index contributed by atoms with van der Waals surface area (Å²) >= 11 is 18.4. The van der Waals surface area contributed by atoms with Crippen LogP contribution in [-0.2, 0) is 6.42 Å². The molecule has 20 heavy (non-hydrogen) atoms. The Morgan fingerprint density at radius 2 is 1.75 bits per heavy atom. The smallest absolute Gasteiger partial charge is 0.258 e. The summed E-state index contributed by atoms with van der Waals surface area (Å²) in [5.74, 6) is 0. The van der Waals surface area contributed by atoms with Crippen molar-refractivity contribution in [3.8, 4) is 0 Å².